The van der Waals surface area contributed by atoms with Crippen molar-refractivity contribution in [3.63, 3.8) is 0 Å². The number of rotatable bonds is 4. The van der Waals surface area contributed by atoms with E-state index in [1.807, 2.05) is 6.07 Å². The predicted octanol–water partition coefficient (Wildman–Crippen LogP) is 1.59. The number of carbonyl (C=O) groups excluding carboxylic acids is 1. The molecule has 1 unspecified atom stereocenters. The lowest BCUT2D eigenvalue weighted by Crippen LogP contribution is -2.32. The lowest BCUT2D eigenvalue weighted by atomic mass is 10.1. The topological polar surface area (TPSA) is 82.3 Å². The maximum atomic E-state index is 11.9. The Labute approximate surface area is 117 Å². The van der Waals surface area contributed by atoms with Crippen LogP contribution in [0.4, 0.5) is 0 Å². The highest BCUT2D eigenvalue weighted by Crippen LogP contribution is 2.14. The molecule has 0 saturated carbocycles. The quantitative estimate of drug-likeness (QED) is 0.644. The van der Waals surface area contributed by atoms with Crippen molar-refractivity contribution in [3.05, 3.63) is 35.4 Å². The highest BCUT2D eigenvalue weighted by molar-refractivity contribution is 6.01. The van der Waals surface area contributed by atoms with Gasteiger partial charge in [-0.3, -0.25) is 4.79 Å². The summed E-state index contributed by atoms with van der Waals surface area (Å²) in [6, 6.07) is 8.26. The Bertz CT molecular complexity index is 554. The number of aromatic hydroxyl groups is 1. The van der Waals surface area contributed by atoms with Gasteiger partial charge in [0, 0.05) is 13.2 Å². The summed E-state index contributed by atoms with van der Waals surface area (Å²) in [4.78, 5) is 11.9. The number of phenols is 1. The lowest BCUT2D eigenvalue weighted by molar-refractivity contribution is -0.117. The number of nitriles is 1. The molecule has 1 fully saturated rings. The third-order valence-electron chi connectivity index (χ3n) is 3.06. The number of nitrogens with zero attached hydrogens (tertiary/aromatic N) is 1. The summed E-state index contributed by atoms with van der Waals surface area (Å²) in [6.45, 7) is 1.14. The molecule has 1 atom stereocenters. The van der Waals surface area contributed by atoms with Crippen molar-refractivity contribution in [2.75, 3.05) is 13.2 Å². The number of phenolic OH excluding ortho intramolecular Hbond substituents is 1. The van der Waals surface area contributed by atoms with Gasteiger partial charge in [-0.15, -0.1) is 0 Å². The molecule has 1 saturated heterocycles. The molecule has 0 radical (unpaired) electrons. The van der Waals surface area contributed by atoms with Crippen LogP contribution in [0, 0.1) is 11.3 Å². The second-order valence-corrected chi connectivity index (χ2v) is 4.61. The minimum absolute atomic E-state index is 0.00796. The van der Waals surface area contributed by atoms with E-state index in [0.29, 0.717) is 12.1 Å². The van der Waals surface area contributed by atoms with Crippen LogP contribution >= 0.6 is 0 Å². The summed E-state index contributed by atoms with van der Waals surface area (Å²) in [5.74, 6) is -0.331. The smallest absolute Gasteiger partial charge is 0.262 e. The molecule has 2 rings (SSSR count). The molecular formula is C15H16N2O3. The van der Waals surface area contributed by atoms with Crippen LogP contribution in [0.2, 0.25) is 0 Å². The van der Waals surface area contributed by atoms with Crippen LogP contribution in [-0.4, -0.2) is 30.3 Å². The van der Waals surface area contributed by atoms with Gasteiger partial charge >= 0.3 is 0 Å². The first-order valence-electron chi connectivity index (χ1n) is 6.49. The van der Waals surface area contributed by atoms with E-state index in [4.69, 9.17) is 10.00 Å². The Morgan fingerprint density at radius 2 is 2.45 bits per heavy atom. The van der Waals surface area contributed by atoms with Crippen molar-refractivity contribution < 1.29 is 14.6 Å². The Morgan fingerprint density at radius 3 is 3.10 bits per heavy atom. The number of nitrogens with one attached hydrogen (secondary N) is 1. The second-order valence-electron chi connectivity index (χ2n) is 4.61. The number of amides is 1. The van der Waals surface area contributed by atoms with Gasteiger partial charge in [-0.2, -0.15) is 5.26 Å². The SMILES string of the molecule is N#C/C(=C\c1cccc(O)c1)C(=O)NCC1CCCO1. The minimum Gasteiger partial charge on any atom is -0.508 e. The number of benzene rings is 1. The summed E-state index contributed by atoms with van der Waals surface area (Å²) < 4.78 is 5.40. The third-order valence-corrected chi connectivity index (χ3v) is 3.06. The summed E-state index contributed by atoms with van der Waals surface area (Å²) in [5, 5.41) is 21.1. The Balaban J connectivity index is 1.99. The Kier molecular flexibility index (Phi) is 4.75. The zero-order chi connectivity index (χ0) is 14.4. The summed E-state index contributed by atoms with van der Waals surface area (Å²) in [5.41, 5.74) is 0.613. The summed E-state index contributed by atoms with van der Waals surface area (Å²) in [6.07, 6.45) is 3.42. The first kappa shape index (κ1) is 14.1. The van der Waals surface area contributed by atoms with Crippen LogP contribution in [0.25, 0.3) is 6.08 Å². The first-order valence-corrected chi connectivity index (χ1v) is 6.49. The predicted molar refractivity (Wildman–Crippen MR) is 73.7 cm³/mol. The van der Waals surface area contributed by atoms with Gasteiger partial charge < -0.3 is 15.2 Å². The van der Waals surface area contributed by atoms with Crippen LogP contribution in [-0.2, 0) is 9.53 Å². The van der Waals surface area contributed by atoms with Gasteiger partial charge in [0.05, 0.1) is 6.10 Å². The maximum absolute atomic E-state index is 11.9. The summed E-state index contributed by atoms with van der Waals surface area (Å²) in [7, 11) is 0. The van der Waals surface area contributed by atoms with Crippen molar-refractivity contribution in [1.29, 1.82) is 5.26 Å². The fraction of sp³-hybridized carbons (Fsp3) is 0.333. The fourth-order valence-corrected chi connectivity index (χ4v) is 2.04. The van der Waals surface area contributed by atoms with Gasteiger partial charge in [0.25, 0.3) is 5.91 Å². The Hall–Kier alpha value is -2.32. The average molecular weight is 272 g/mol. The van der Waals surface area contributed by atoms with E-state index in [9.17, 15) is 9.90 Å². The van der Waals surface area contributed by atoms with E-state index in [1.165, 1.54) is 18.2 Å². The van der Waals surface area contributed by atoms with Gasteiger partial charge in [-0.05, 0) is 36.6 Å². The van der Waals surface area contributed by atoms with Gasteiger partial charge in [0.15, 0.2) is 0 Å². The highest BCUT2D eigenvalue weighted by Gasteiger charge is 2.17. The molecule has 1 aliphatic rings. The van der Waals surface area contributed by atoms with Crippen molar-refractivity contribution in [3.8, 4) is 11.8 Å². The fourth-order valence-electron chi connectivity index (χ4n) is 2.04. The molecule has 0 aliphatic carbocycles. The molecule has 0 bridgehead atoms. The molecule has 2 N–H and O–H groups in total. The van der Waals surface area contributed by atoms with E-state index >= 15 is 0 Å². The molecule has 1 aromatic rings. The molecule has 0 aromatic heterocycles. The molecule has 5 heteroatoms. The summed E-state index contributed by atoms with van der Waals surface area (Å²) >= 11 is 0. The van der Waals surface area contributed by atoms with Crippen LogP contribution < -0.4 is 5.32 Å². The van der Waals surface area contributed by atoms with Gasteiger partial charge in [-0.25, -0.2) is 0 Å². The molecule has 5 nitrogen and oxygen atoms in total. The molecule has 104 valence electrons. The number of hydrogen-bond donors (Lipinski definition) is 2. The van der Waals surface area contributed by atoms with Crippen LogP contribution in [0.1, 0.15) is 18.4 Å². The molecule has 0 spiro atoms. The largest absolute Gasteiger partial charge is 0.508 e. The second kappa shape index (κ2) is 6.73. The number of ether oxygens (including phenoxy) is 1. The molecule has 1 aliphatic heterocycles. The van der Waals surface area contributed by atoms with Crippen molar-refractivity contribution in [2.45, 2.75) is 18.9 Å². The average Bonchev–Trinajstić information content (AvgIpc) is 2.95. The molecule has 1 heterocycles. The van der Waals surface area contributed by atoms with Gasteiger partial charge in [0.1, 0.15) is 17.4 Å². The van der Waals surface area contributed by atoms with Crippen LogP contribution in [0.5, 0.6) is 5.75 Å². The first-order chi connectivity index (χ1) is 9.69. The monoisotopic (exact) mass is 272 g/mol. The van der Waals surface area contributed by atoms with E-state index in [1.54, 1.807) is 12.1 Å². The highest BCUT2D eigenvalue weighted by atomic mass is 16.5. The normalized spacial score (nSPS) is 18.6. The van der Waals surface area contributed by atoms with Crippen LogP contribution in [0.3, 0.4) is 0 Å². The molecule has 1 amide bonds. The maximum Gasteiger partial charge on any atom is 0.262 e. The minimum atomic E-state index is -0.425. The zero-order valence-corrected chi connectivity index (χ0v) is 11.0. The van der Waals surface area contributed by atoms with E-state index < -0.39 is 5.91 Å². The molecule has 20 heavy (non-hydrogen) atoms. The van der Waals surface area contributed by atoms with Crippen molar-refractivity contribution in [2.24, 2.45) is 0 Å². The Morgan fingerprint density at radius 1 is 1.60 bits per heavy atom. The number of hydrogen-bond acceptors (Lipinski definition) is 4. The van der Waals surface area contributed by atoms with Crippen LogP contribution in [0.15, 0.2) is 29.8 Å². The van der Waals surface area contributed by atoms with Gasteiger partial charge in [-0.1, -0.05) is 12.1 Å². The van der Waals surface area contributed by atoms with E-state index in [2.05, 4.69) is 5.32 Å². The van der Waals surface area contributed by atoms with E-state index in [-0.39, 0.29) is 17.4 Å². The van der Waals surface area contributed by atoms with Crippen molar-refractivity contribution >= 4 is 12.0 Å². The van der Waals surface area contributed by atoms with Crippen molar-refractivity contribution in [1.82, 2.24) is 5.32 Å². The third kappa shape index (κ3) is 3.84. The van der Waals surface area contributed by atoms with E-state index in [0.717, 1.165) is 19.4 Å². The standard InChI is InChI=1S/C15H16N2O3/c16-9-12(7-11-3-1-4-13(18)8-11)15(19)17-10-14-5-2-6-20-14/h1,3-4,7-8,14,18H,2,5-6,10H2,(H,17,19)/b12-7+. The van der Waals surface area contributed by atoms with Gasteiger partial charge in [0.2, 0.25) is 0 Å². The zero-order valence-electron chi connectivity index (χ0n) is 11.0. The lowest BCUT2D eigenvalue weighted by Gasteiger charge is -2.10. The number of carbonyl (C=O) groups is 1. The molecule has 1 aromatic carbocycles. The molecular weight excluding hydrogens is 256 g/mol.